The monoisotopic (exact) mass is 211 g/mol. The summed E-state index contributed by atoms with van der Waals surface area (Å²) in [5.41, 5.74) is 0. The van der Waals surface area contributed by atoms with Gasteiger partial charge in [-0.3, -0.25) is 0 Å². The summed E-state index contributed by atoms with van der Waals surface area (Å²) in [6, 6.07) is 1.49. The fourth-order valence-electron chi connectivity index (χ4n) is 2.77. The molecule has 1 rings (SSSR count). The topological polar surface area (TPSA) is 12.0 Å². The first-order valence-corrected chi connectivity index (χ1v) is 6.89. The van der Waals surface area contributed by atoms with Crippen molar-refractivity contribution in [2.45, 2.75) is 78.3 Å². The van der Waals surface area contributed by atoms with Crippen LogP contribution in [0.1, 0.15) is 66.2 Å². The molecule has 0 aromatic heterocycles. The van der Waals surface area contributed by atoms with E-state index in [1.165, 1.54) is 38.5 Å². The van der Waals surface area contributed by atoms with Gasteiger partial charge in [0.25, 0.3) is 0 Å². The molecule has 0 aliphatic heterocycles. The molecule has 0 aromatic rings. The van der Waals surface area contributed by atoms with E-state index < -0.39 is 0 Å². The highest BCUT2D eigenvalue weighted by Gasteiger charge is 2.22. The third kappa shape index (κ3) is 4.55. The van der Waals surface area contributed by atoms with Crippen molar-refractivity contribution in [2.75, 3.05) is 0 Å². The molecule has 0 saturated heterocycles. The lowest BCUT2D eigenvalue weighted by molar-refractivity contribution is 0.249. The van der Waals surface area contributed by atoms with E-state index in [1.54, 1.807) is 0 Å². The lowest BCUT2D eigenvalue weighted by Crippen LogP contribution is -2.42. The Kier molecular flexibility index (Phi) is 5.66. The second kappa shape index (κ2) is 6.52. The van der Waals surface area contributed by atoms with Crippen molar-refractivity contribution in [3.8, 4) is 0 Å². The van der Waals surface area contributed by atoms with Crippen molar-refractivity contribution in [3.05, 3.63) is 0 Å². The molecule has 0 spiro atoms. The zero-order chi connectivity index (χ0) is 11.3. The summed E-state index contributed by atoms with van der Waals surface area (Å²) in [6.45, 7) is 9.42. The maximum absolute atomic E-state index is 3.83. The molecule has 1 heteroatoms. The quantitative estimate of drug-likeness (QED) is 0.725. The first-order valence-electron chi connectivity index (χ1n) is 6.89. The van der Waals surface area contributed by atoms with E-state index >= 15 is 0 Å². The molecule has 90 valence electrons. The Morgan fingerprint density at radius 1 is 1.20 bits per heavy atom. The van der Waals surface area contributed by atoms with Crippen LogP contribution >= 0.6 is 0 Å². The normalized spacial score (nSPS) is 31.2. The molecule has 0 aromatic carbocycles. The number of nitrogens with one attached hydrogen (secondary N) is 1. The van der Waals surface area contributed by atoms with Gasteiger partial charge in [0.15, 0.2) is 0 Å². The van der Waals surface area contributed by atoms with Crippen LogP contribution in [0.25, 0.3) is 0 Å². The highest BCUT2D eigenvalue weighted by Crippen LogP contribution is 2.24. The predicted octanol–water partition coefficient (Wildman–Crippen LogP) is 3.98. The summed E-state index contributed by atoms with van der Waals surface area (Å²) >= 11 is 0. The highest BCUT2D eigenvalue weighted by atomic mass is 14.9. The van der Waals surface area contributed by atoms with Crippen molar-refractivity contribution in [3.63, 3.8) is 0 Å². The standard InChI is InChI=1S/C14H29N/c1-5-11(2)10-13(4)15-14-9-7-6-8-12(14)3/h11-15H,5-10H2,1-4H3. The molecule has 4 unspecified atom stereocenters. The maximum atomic E-state index is 3.83. The molecule has 0 radical (unpaired) electrons. The molecule has 0 amide bonds. The van der Waals surface area contributed by atoms with E-state index in [2.05, 4.69) is 33.0 Å². The highest BCUT2D eigenvalue weighted by molar-refractivity contribution is 4.80. The van der Waals surface area contributed by atoms with Crippen LogP contribution in [0.2, 0.25) is 0 Å². The second-order valence-corrected chi connectivity index (χ2v) is 5.69. The van der Waals surface area contributed by atoms with Crippen LogP contribution in [-0.4, -0.2) is 12.1 Å². The molecular formula is C14H29N. The minimum Gasteiger partial charge on any atom is -0.311 e. The molecule has 0 bridgehead atoms. The van der Waals surface area contributed by atoms with Crippen LogP contribution in [0.5, 0.6) is 0 Å². The molecule has 1 aliphatic carbocycles. The summed E-state index contributed by atoms with van der Waals surface area (Å²) in [5, 5.41) is 3.83. The molecule has 1 aliphatic rings. The van der Waals surface area contributed by atoms with Crippen LogP contribution in [0, 0.1) is 11.8 Å². The average Bonchev–Trinajstić information content (AvgIpc) is 2.21. The molecule has 1 nitrogen and oxygen atoms in total. The van der Waals surface area contributed by atoms with Gasteiger partial charge < -0.3 is 5.32 Å². The summed E-state index contributed by atoms with van der Waals surface area (Å²) in [5.74, 6) is 1.75. The third-order valence-electron chi connectivity index (χ3n) is 4.06. The van der Waals surface area contributed by atoms with Gasteiger partial charge in [-0.15, -0.1) is 0 Å². The Balaban J connectivity index is 2.26. The maximum Gasteiger partial charge on any atom is 0.00951 e. The minimum atomic E-state index is 0.700. The molecule has 0 heterocycles. The van der Waals surface area contributed by atoms with Gasteiger partial charge in [-0.2, -0.15) is 0 Å². The Bertz CT molecular complexity index is 167. The van der Waals surface area contributed by atoms with Gasteiger partial charge in [0.2, 0.25) is 0 Å². The van der Waals surface area contributed by atoms with Crippen molar-refractivity contribution < 1.29 is 0 Å². The average molecular weight is 211 g/mol. The van der Waals surface area contributed by atoms with E-state index in [0.29, 0.717) is 6.04 Å². The first kappa shape index (κ1) is 13.0. The van der Waals surface area contributed by atoms with Gasteiger partial charge in [0, 0.05) is 12.1 Å². The molecule has 1 N–H and O–H groups in total. The van der Waals surface area contributed by atoms with Crippen LogP contribution in [0.3, 0.4) is 0 Å². The number of hydrogen-bond donors (Lipinski definition) is 1. The zero-order valence-electron chi connectivity index (χ0n) is 11.1. The van der Waals surface area contributed by atoms with Crippen molar-refractivity contribution >= 4 is 0 Å². The number of hydrogen-bond acceptors (Lipinski definition) is 1. The second-order valence-electron chi connectivity index (χ2n) is 5.69. The van der Waals surface area contributed by atoms with Gasteiger partial charge in [-0.25, -0.2) is 0 Å². The van der Waals surface area contributed by atoms with Crippen molar-refractivity contribution in [1.29, 1.82) is 0 Å². The first-order chi connectivity index (χ1) is 7.13. The Morgan fingerprint density at radius 3 is 2.47 bits per heavy atom. The molecule has 4 atom stereocenters. The molecule has 1 saturated carbocycles. The van der Waals surface area contributed by atoms with Gasteiger partial charge in [-0.1, -0.05) is 40.0 Å². The smallest absolute Gasteiger partial charge is 0.00951 e. The Hall–Kier alpha value is -0.0400. The summed E-state index contributed by atoms with van der Waals surface area (Å²) in [6.07, 6.45) is 8.34. The van der Waals surface area contributed by atoms with Gasteiger partial charge in [0.1, 0.15) is 0 Å². The minimum absolute atomic E-state index is 0.700. The summed E-state index contributed by atoms with van der Waals surface area (Å²) in [4.78, 5) is 0. The van der Waals surface area contributed by atoms with Gasteiger partial charge in [-0.05, 0) is 38.0 Å². The van der Waals surface area contributed by atoms with Crippen molar-refractivity contribution in [1.82, 2.24) is 5.32 Å². The van der Waals surface area contributed by atoms with Crippen LogP contribution < -0.4 is 5.32 Å². The lowest BCUT2D eigenvalue weighted by atomic mass is 9.85. The summed E-state index contributed by atoms with van der Waals surface area (Å²) < 4.78 is 0. The van der Waals surface area contributed by atoms with Crippen LogP contribution in [0.15, 0.2) is 0 Å². The van der Waals surface area contributed by atoms with Crippen molar-refractivity contribution in [2.24, 2.45) is 11.8 Å². The van der Waals surface area contributed by atoms with Crippen LogP contribution in [-0.2, 0) is 0 Å². The molecule has 15 heavy (non-hydrogen) atoms. The zero-order valence-corrected chi connectivity index (χ0v) is 11.1. The van der Waals surface area contributed by atoms with E-state index in [0.717, 1.165) is 17.9 Å². The van der Waals surface area contributed by atoms with Gasteiger partial charge in [0.05, 0.1) is 0 Å². The fourth-order valence-corrected chi connectivity index (χ4v) is 2.77. The number of rotatable bonds is 5. The molecule has 1 fully saturated rings. The third-order valence-corrected chi connectivity index (χ3v) is 4.06. The van der Waals surface area contributed by atoms with E-state index in [-0.39, 0.29) is 0 Å². The molecular weight excluding hydrogens is 182 g/mol. The van der Waals surface area contributed by atoms with Crippen LogP contribution in [0.4, 0.5) is 0 Å². The fraction of sp³-hybridized carbons (Fsp3) is 1.00. The lowest BCUT2D eigenvalue weighted by Gasteiger charge is -2.33. The Labute approximate surface area is 96.0 Å². The van der Waals surface area contributed by atoms with Gasteiger partial charge >= 0.3 is 0 Å². The largest absolute Gasteiger partial charge is 0.311 e. The predicted molar refractivity (Wildman–Crippen MR) is 68.1 cm³/mol. The summed E-state index contributed by atoms with van der Waals surface area (Å²) in [7, 11) is 0. The SMILES string of the molecule is CCC(C)CC(C)NC1CCCCC1C. The Morgan fingerprint density at radius 2 is 1.87 bits per heavy atom. The van der Waals surface area contributed by atoms with E-state index in [1.807, 2.05) is 0 Å². The van der Waals surface area contributed by atoms with E-state index in [4.69, 9.17) is 0 Å². The van der Waals surface area contributed by atoms with E-state index in [9.17, 15) is 0 Å².